The number of nitrogens with one attached hydrogen (secondary N) is 2. The van der Waals surface area contributed by atoms with E-state index in [0.717, 1.165) is 25.0 Å². The Kier molecular flexibility index (Phi) is 5.65. The summed E-state index contributed by atoms with van der Waals surface area (Å²) in [5, 5.41) is 16.3. The van der Waals surface area contributed by atoms with Crippen molar-refractivity contribution in [3.05, 3.63) is 35.4 Å². The van der Waals surface area contributed by atoms with E-state index >= 15 is 0 Å². The van der Waals surface area contributed by atoms with E-state index in [-0.39, 0.29) is 11.7 Å². The number of carboxylic acids is 1. The number of carbonyl (C=O) groups is 1. The molecule has 2 rings (SSSR count). The molecule has 21 heavy (non-hydrogen) atoms. The molecule has 3 N–H and O–H groups in total. The van der Waals surface area contributed by atoms with Gasteiger partial charge in [0.2, 0.25) is 0 Å². The van der Waals surface area contributed by atoms with E-state index in [4.69, 9.17) is 22.1 Å². The van der Waals surface area contributed by atoms with Gasteiger partial charge in [-0.3, -0.25) is 5.43 Å². The number of rotatable bonds is 5. The van der Waals surface area contributed by atoms with Gasteiger partial charge < -0.3 is 15.2 Å². The highest BCUT2D eigenvalue weighted by molar-refractivity contribution is 7.80. The third kappa shape index (κ3) is 5.13. The van der Waals surface area contributed by atoms with Gasteiger partial charge in [0.05, 0.1) is 17.9 Å². The van der Waals surface area contributed by atoms with Crippen molar-refractivity contribution in [1.82, 2.24) is 10.7 Å². The molecule has 7 heteroatoms. The minimum atomic E-state index is -0.948. The fourth-order valence-electron chi connectivity index (χ4n) is 1.93. The Balaban J connectivity index is 1.73. The van der Waals surface area contributed by atoms with E-state index in [0.29, 0.717) is 11.7 Å². The maximum absolute atomic E-state index is 10.7. The summed E-state index contributed by atoms with van der Waals surface area (Å²) in [5.74, 6) is -0.948. The second-order valence-corrected chi connectivity index (χ2v) is 5.05. The van der Waals surface area contributed by atoms with Gasteiger partial charge in [0.15, 0.2) is 5.11 Å². The summed E-state index contributed by atoms with van der Waals surface area (Å²) in [6.45, 7) is 1.49. The van der Waals surface area contributed by atoms with Crippen LogP contribution in [0.25, 0.3) is 0 Å². The van der Waals surface area contributed by atoms with Crippen molar-refractivity contribution in [3.63, 3.8) is 0 Å². The van der Waals surface area contributed by atoms with Crippen LogP contribution in [0.1, 0.15) is 28.8 Å². The van der Waals surface area contributed by atoms with Gasteiger partial charge in [0, 0.05) is 13.2 Å². The fourth-order valence-corrected chi connectivity index (χ4v) is 2.06. The first-order valence-corrected chi connectivity index (χ1v) is 7.08. The average Bonchev–Trinajstić information content (AvgIpc) is 2.99. The van der Waals surface area contributed by atoms with Crippen molar-refractivity contribution in [3.8, 4) is 0 Å². The van der Waals surface area contributed by atoms with Crippen LogP contribution in [0.15, 0.2) is 29.4 Å². The standard InChI is InChI=1S/C14H17N3O3S/c18-13(19)11-5-3-10(4-6-11)8-16-17-14(21)15-9-12-2-1-7-20-12/h3-6,8,12H,1-2,7,9H2,(H,18,19)(H2,15,17,21)/b16-8-/t12-/m0/s1. The first-order valence-electron chi connectivity index (χ1n) is 6.67. The zero-order valence-electron chi connectivity index (χ0n) is 11.4. The highest BCUT2D eigenvalue weighted by Gasteiger charge is 2.14. The van der Waals surface area contributed by atoms with E-state index < -0.39 is 5.97 Å². The molecule has 1 saturated heterocycles. The number of hydrogen-bond donors (Lipinski definition) is 3. The summed E-state index contributed by atoms with van der Waals surface area (Å²) >= 11 is 5.09. The smallest absolute Gasteiger partial charge is 0.335 e. The van der Waals surface area contributed by atoms with E-state index in [1.807, 2.05) is 0 Å². The van der Waals surface area contributed by atoms with E-state index in [9.17, 15) is 4.79 Å². The Bertz CT molecular complexity index is 525. The molecule has 112 valence electrons. The lowest BCUT2D eigenvalue weighted by Gasteiger charge is -2.11. The molecule has 0 radical (unpaired) electrons. The van der Waals surface area contributed by atoms with Crippen LogP contribution in [0, 0.1) is 0 Å². The van der Waals surface area contributed by atoms with Crippen molar-refractivity contribution in [2.75, 3.05) is 13.2 Å². The largest absolute Gasteiger partial charge is 0.478 e. The molecule has 0 aliphatic carbocycles. The van der Waals surface area contributed by atoms with Crippen LogP contribution in [0.2, 0.25) is 0 Å². The predicted molar refractivity (Wildman–Crippen MR) is 83.7 cm³/mol. The zero-order chi connectivity index (χ0) is 15.1. The van der Waals surface area contributed by atoms with Crippen molar-refractivity contribution >= 4 is 29.5 Å². The molecule has 1 aromatic rings. The highest BCUT2D eigenvalue weighted by Crippen LogP contribution is 2.10. The molecule has 1 aliphatic rings. The maximum atomic E-state index is 10.7. The van der Waals surface area contributed by atoms with Crippen LogP contribution in [0.4, 0.5) is 0 Å². The second kappa shape index (κ2) is 7.70. The van der Waals surface area contributed by atoms with Crippen molar-refractivity contribution in [1.29, 1.82) is 0 Å². The molecule has 1 fully saturated rings. The van der Waals surface area contributed by atoms with Gasteiger partial charge >= 0.3 is 5.97 Å². The van der Waals surface area contributed by atoms with Gasteiger partial charge in [-0.05, 0) is 42.8 Å². The van der Waals surface area contributed by atoms with Crippen LogP contribution in [0.5, 0.6) is 0 Å². The summed E-state index contributed by atoms with van der Waals surface area (Å²) in [5.41, 5.74) is 3.74. The molecule has 0 saturated carbocycles. The molecule has 6 nitrogen and oxygen atoms in total. The third-order valence-electron chi connectivity index (χ3n) is 3.05. The normalized spacial score (nSPS) is 17.8. The van der Waals surface area contributed by atoms with Crippen molar-refractivity contribution in [2.45, 2.75) is 18.9 Å². The lowest BCUT2D eigenvalue weighted by molar-refractivity contribution is 0.0697. The highest BCUT2D eigenvalue weighted by atomic mass is 32.1. The topological polar surface area (TPSA) is 83.0 Å². The third-order valence-corrected chi connectivity index (χ3v) is 3.29. The van der Waals surface area contributed by atoms with Gasteiger partial charge in [-0.1, -0.05) is 12.1 Å². The predicted octanol–water partition coefficient (Wildman–Crippen LogP) is 1.36. The number of nitrogens with zero attached hydrogens (tertiary/aromatic N) is 1. The van der Waals surface area contributed by atoms with Gasteiger partial charge in [-0.2, -0.15) is 5.10 Å². The lowest BCUT2D eigenvalue weighted by atomic mass is 10.1. The van der Waals surface area contributed by atoms with Gasteiger partial charge in [0.1, 0.15) is 0 Å². The number of benzene rings is 1. The minimum Gasteiger partial charge on any atom is -0.478 e. The molecule has 0 bridgehead atoms. The molecular weight excluding hydrogens is 290 g/mol. The molecule has 1 aliphatic heterocycles. The Hall–Kier alpha value is -1.99. The maximum Gasteiger partial charge on any atom is 0.335 e. The molecule has 0 spiro atoms. The van der Waals surface area contributed by atoms with E-state index in [2.05, 4.69) is 15.8 Å². The number of hydrogen-bond acceptors (Lipinski definition) is 4. The Morgan fingerprint density at radius 2 is 2.24 bits per heavy atom. The van der Waals surface area contributed by atoms with E-state index in [1.54, 1.807) is 18.3 Å². The summed E-state index contributed by atoms with van der Waals surface area (Å²) in [4.78, 5) is 10.7. The quantitative estimate of drug-likeness (QED) is 0.433. The fraction of sp³-hybridized carbons (Fsp3) is 0.357. The Morgan fingerprint density at radius 3 is 2.86 bits per heavy atom. The van der Waals surface area contributed by atoms with Crippen molar-refractivity contribution in [2.24, 2.45) is 5.10 Å². The number of hydrazone groups is 1. The SMILES string of the molecule is O=C(O)c1ccc(/C=N\NC(=S)NC[C@@H]2CCCO2)cc1. The molecule has 0 aromatic heterocycles. The summed E-state index contributed by atoms with van der Waals surface area (Å²) < 4.78 is 5.47. The number of carboxylic acid groups (broad SMARTS) is 1. The zero-order valence-corrected chi connectivity index (χ0v) is 12.2. The second-order valence-electron chi connectivity index (χ2n) is 4.64. The Morgan fingerprint density at radius 1 is 1.48 bits per heavy atom. The van der Waals surface area contributed by atoms with E-state index in [1.165, 1.54) is 12.1 Å². The summed E-state index contributed by atoms with van der Waals surface area (Å²) in [6.07, 6.45) is 3.94. The molecule has 1 aromatic carbocycles. The minimum absolute atomic E-state index is 0.220. The summed E-state index contributed by atoms with van der Waals surface area (Å²) in [7, 11) is 0. The van der Waals surface area contributed by atoms with Crippen LogP contribution >= 0.6 is 12.2 Å². The molecule has 1 atom stereocenters. The van der Waals surface area contributed by atoms with Gasteiger partial charge in [-0.15, -0.1) is 0 Å². The first-order chi connectivity index (χ1) is 10.1. The van der Waals surface area contributed by atoms with Crippen LogP contribution in [-0.2, 0) is 4.74 Å². The van der Waals surface area contributed by atoms with Crippen molar-refractivity contribution < 1.29 is 14.6 Å². The summed E-state index contributed by atoms with van der Waals surface area (Å²) in [6, 6.07) is 6.41. The van der Waals surface area contributed by atoms with Crippen LogP contribution in [-0.4, -0.2) is 41.7 Å². The van der Waals surface area contributed by atoms with Crippen LogP contribution in [0.3, 0.4) is 0 Å². The number of aromatic carboxylic acids is 1. The lowest BCUT2D eigenvalue weighted by Crippen LogP contribution is -2.37. The van der Waals surface area contributed by atoms with Gasteiger partial charge in [-0.25, -0.2) is 4.79 Å². The number of thiocarbonyl (C=S) groups is 1. The Labute approximate surface area is 128 Å². The molecule has 0 amide bonds. The molecule has 1 heterocycles. The molecule has 0 unspecified atom stereocenters. The molecular formula is C14H17N3O3S. The monoisotopic (exact) mass is 307 g/mol. The van der Waals surface area contributed by atoms with Gasteiger partial charge in [0.25, 0.3) is 0 Å². The first kappa shape index (κ1) is 15.4. The number of ether oxygens (including phenoxy) is 1. The van der Waals surface area contributed by atoms with Crippen LogP contribution < -0.4 is 10.7 Å². The average molecular weight is 307 g/mol.